The number of ether oxygens (including phenoxy) is 1. The lowest BCUT2D eigenvalue weighted by molar-refractivity contribution is -0.133. The summed E-state index contributed by atoms with van der Waals surface area (Å²) < 4.78 is 5.18. The van der Waals surface area contributed by atoms with Crippen LogP contribution in [-0.2, 0) is 9.53 Å². The highest BCUT2D eigenvalue weighted by molar-refractivity contribution is 5.77. The maximum Gasteiger partial charge on any atom is 0.224 e. The number of likely N-dealkylation sites (tertiary alicyclic amines) is 1. The van der Waals surface area contributed by atoms with Crippen molar-refractivity contribution < 1.29 is 9.53 Å². The molecule has 1 amide bonds. The molecule has 1 saturated heterocycles. The monoisotopic (exact) mass is 240 g/mol. The lowest BCUT2D eigenvalue weighted by Crippen LogP contribution is -2.43. The molecule has 1 saturated carbocycles. The van der Waals surface area contributed by atoms with Crippen molar-refractivity contribution in [3.05, 3.63) is 0 Å². The Kier molecular flexibility index (Phi) is 4.40. The number of piperidine rings is 1. The predicted molar refractivity (Wildman–Crippen MR) is 66.5 cm³/mol. The molecule has 0 radical (unpaired) electrons. The molecule has 1 heterocycles. The van der Waals surface area contributed by atoms with E-state index in [2.05, 4.69) is 0 Å². The van der Waals surface area contributed by atoms with Gasteiger partial charge in [0.05, 0.1) is 6.61 Å². The molecule has 0 aromatic carbocycles. The van der Waals surface area contributed by atoms with E-state index in [0.29, 0.717) is 18.3 Å². The highest BCUT2D eigenvalue weighted by Crippen LogP contribution is 2.33. The van der Waals surface area contributed by atoms with Crippen molar-refractivity contribution in [2.75, 3.05) is 26.8 Å². The second kappa shape index (κ2) is 5.83. The van der Waals surface area contributed by atoms with Crippen molar-refractivity contribution in [2.24, 2.45) is 17.6 Å². The van der Waals surface area contributed by atoms with E-state index in [4.69, 9.17) is 10.5 Å². The van der Waals surface area contributed by atoms with Crippen LogP contribution in [0.5, 0.6) is 0 Å². The fourth-order valence-corrected chi connectivity index (χ4v) is 2.69. The lowest BCUT2D eigenvalue weighted by Gasteiger charge is -2.33. The summed E-state index contributed by atoms with van der Waals surface area (Å²) in [5.41, 5.74) is 6.01. The summed E-state index contributed by atoms with van der Waals surface area (Å²) in [6.45, 7) is 2.51. The van der Waals surface area contributed by atoms with Crippen molar-refractivity contribution in [1.29, 1.82) is 0 Å². The minimum absolute atomic E-state index is 0.0882. The van der Waals surface area contributed by atoms with Crippen LogP contribution in [-0.4, -0.2) is 43.7 Å². The Labute approximate surface area is 103 Å². The first kappa shape index (κ1) is 12.8. The van der Waals surface area contributed by atoms with Gasteiger partial charge in [-0.2, -0.15) is 0 Å². The molecule has 0 bridgehead atoms. The Balaban J connectivity index is 1.77. The molecule has 1 aliphatic heterocycles. The summed E-state index contributed by atoms with van der Waals surface area (Å²) in [4.78, 5) is 14.1. The number of hydrogen-bond donors (Lipinski definition) is 1. The van der Waals surface area contributed by atoms with Crippen LogP contribution in [0.2, 0.25) is 0 Å². The number of amides is 1. The lowest BCUT2D eigenvalue weighted by atomic mass is 9.98. The fourth-order valence-electron chi connectivity index (χ4n) is 2.69. The zero-order valence-electron chi connectivity index (χ0n) is 10.7. The Bertz CT molecular complexity index is 264. The van der Waals surface area contributed by atoms with Gasteiger partial charge in [-0.15, -0.1) is 0 Å². The molecule has 4 heteroatoms. The number of hydrogen-bond acceptors (Lipinski definition) is 3. The highest BCUT2D eigenvalue weighted by Gasteiger charge is 2.32. The summed E-state index contributed by atoms with van der Waals surface area (Å²) in [7, 11) is 1.73. The van der Waals surface area contributed by atoms with Crippen LogP contribution in [0.25, 0.3) is 0 Å². The topological polar surface area (TPSA) is 55.6 Å². The van der Waals surface area contributed by atoms with Crippen molar-refractivity contribution in [3.63, 3.8) is 0 Å². The van der Waals surface area contributed by atoms with Crippen LogP contribution in [0.15, 0.2) is 0 Å². The van der Waals surface area contributed by atoms with E-state index in [1.54, 1.807) is 7.11 Å². The van der Waals surface area contributed by atoms with Crippen molar-refractivity contribution in [1.82, 2.24) is 4.90 Å². The standard InChI is InChI=1S/C13H24N2O2/c1-17-9-10-3-2-6-15(8-10)13(16)7-12(14)11-4-5-11/h10-12H,2-9,14H2,1H3/t10-,12+/m0/s1. The molecule has 4 nitrogen and oxygen atoms in total. The molecular weight excluding hydrogens is 216 g/mol. The van der Waals surface area contributed by atoms with E-state index in [1.807, 2.05) is 4.90 Å². The second-order valence-corrected chi connectivity index (χ2v) is 5.51. The molecule has 0 spiro atoms. The molecule has 0 aromatic heterocycles. The smallest absolute Gasteiger partial charge is 0.224 e. The Hall–Kier alpha value is -0.610. The Morgan fingerprint density at radius 2 is 2.24 bits per heavy atom. The molecule has 0 unspecified atom stereocenters. The average molecular weight is 240 g/mol. The Morgan fingerprint density at radius 1 is 1.47 bits per heavy atom. The maximum atomic E-state index is 12.1. The van der Waals surface area contributed by atoms with Gasteiger partial charge in [-0.05, 0) is 37.5 Å². The number of methoxy groups -OCH3 is 1. The molecule has 2 N–H and O–H groups in total. The van der Waals surface area contributed by atoms with Gasteiger partial charge in [0.2, 0.25) is 5.91 Å². The van der Waals surface area contributed by atoms with Crippen molar-refractivity contribution in [3.8, 4) is 0 Å². The third-order valence-corrected chi connectivity index (χ3v) is 3.91. The van der Waals surface area contributed by atoms with Gasteiger partial charge < -0.3 is 15.4 Å². The first-order valence-electron chi connectivity index (χ1n) is 6.73. The van der Waals surface area contributed by atoms with E-state index < -0.39 is 0 Å². The summed E-state index contributed by atoms with van der Waals surface area (Å²) in [6.07, 6.45) is 5.22. The van der Waals surface area contributed by atoms with Crippen LogP contribution >= 0.6 is 0 Å². The minimum Gasteiger partial charge on any atom is -0.384 e. The molecular formula is C13H24N2O2. The van der Waals surface area contributed by atoms with Gasteiger partial charge in [0.15, 0.2) is 0 Å². The second-order valence-electron chi connectivity index (χ2n) is 5.51. The van der Waals surface area contributed by atoms with Crippen LogP contribution in [0.3, 0.4) is 0 Å². The third-order valence-electron chi connectivity index (χ3n) is 3.91. The third kappa shape index (κ3) is 3.68. The number of nitrogens with zero attached hydrogens (tertiary/aromatic N) is 1. The van der Waals surface area contributed by atoms with Crippen LogP contribution in [0.1, 0.15) is 32.1 Å². The summed E-state index contributed by atoms with van der Waals surface area (Å²) in [6, 6.07) is 0.0882. The van der Waals surface area contributed by atoms with E-state index in [-0.39, 0.29) is 11.9 Å². The largest absolute Gasteiger partial charge is 0.384 e. The molecule has 2 rings (SSSR count). The predicted octanol–water partition coefficient (Wildman–Crippen LogP) is 0.999. The van der Waals surface area contributed by atoms with Crippen LogP contribution < -0.4 is 5.73 Å². The minimum atomic E-state index is 0.0882. The Morgan fingerprint density at radius 3 is 2.88 bits per heavy atom. The SMILES string of the molecule is COC[C@H]1CCCN(C(=O)C[C@@H](N)C2CC2)C1. The number of carbonyl (C=O) groups excluding carboxylic acids is 1. The number of carbonyl (C=O) groups is 1. The van der Waals surface area contributed by atoms with E-state index in [1.165, 1.54) is 19.3 Å². The van der Waals surface area contributed by atoms with Gasteiger partial charge in [-0.25, -0.2) is 0 Å². The number of rotatable bonds is 5. The zero-order valence-corrected chi connectivity index (χ0v) is 10.7. The molecule has 1 aliphatic carbocycles. The zero-order chi connectivity index (χ0) is 12.3. The van der Waals surface area contributed by atoms with Gasteiger partial charge in [0.25, 0.3) is 0 Å². The average Bonchev–Trinajstić information content (AvgIpc) is 3.13. The van der Waals surface area contributed by atoms with Crippen LogP contribution in [0.4, 0.5) is 0 Å². The molecule has 98 valence electrons. The first-order valence-corrected chi connectivity index (χ1v) is 6.73. The fraction of sp³-hybridized carbons (Fsp3) is 0.923. The van der Waals surface area contributed by atoms with Crippen molar-refractivity contribution >= 4 is 5.91 Å². The van der Waals surface area contributed by atoms with Gasteiger partial charge in [0.1, 0.15) is 0 Å². The van der Waals surface area contributed by atoms with Gasteiger partial charge >= 0.3 is 0 Å². The van der Waals surface area contributed by atoms with Gasteiger partial charge in [-0.1, -0.05) is 0 Å². The summed E-state index contributed by atoms with van der Waals surface area (Å²) in [5, 5.41) is 0. The summed E-state index contributed by atoms with van der Waals surface area (Å²) >= 11 is 0. The quantitative estimate of drug-likeness (QED) is 0.780. The van der Waals surface area contributed by atoms with Crippen LogP contribution in [0, 0.1) is 11.8 Å². The van der Waals surface area contributed by atoms with Gasteiger partial charge in [0, 0.05) is 32.7 Å². The molecule has 17 heavy (non-hydrogen) atoms. The molecule has 2 aliphatic rings. The maximum absolute atomic E-state index is 12.1. The van der Waals surface area contributed by atoms with E-state index >= 15 is 0 Å². The van der Waals surface area contributed by atoms with E-state index in [9.17, 15) is 4.79 Å². The normalized spacial score (nSPS) is 26.9. The van der Waals surface area contributed by atoms with E-state index in [0.717, 1.165) is 26.1 Å². The van der Waals surface area contributed by atoms with Gasteiger partial charge in [-0.3, -0.25) is 4.79 Å². The molecule has 2 fully saturated rings. The molecule has 0 aromatic rings. The number of nitrogens with two attached hydrogens (primary N) is 1. The van der Waals surface area contributed by atoms with Crippen molar-refractivity contribution in [2.45, 2.75) is 38.1 Å². The summed E-state index contributed by atoms with van der Waals surface area (Å²) in [5.74, 6) is 1.36. The molecule has 2 atom stereocenters. The highest BCUT2D eigenvalue weighted by atomic mass is 16.5. The first-order chi connectivity index (χ1) is 8.20.